The normalized spacial score (nSPS) is 30.6. The molecule has 0 amide bonds. The summed E-state index contributed by atoms with van der Waals surface area (Å²) in [6, 6.07) is 0. The first kappa shape index (κ1) is 11.9. The monoisotopic (exact) mass is 244 g/mol. The molecule has 2 atom stereocenters. The molecule has 16 heavy (non-hydrogen) atoms. The summed E-state index contributed by atoms with van der Waals surface area (Å²) >= 11 is 5.68. The summed E-state index contributed by atoms with van der Waals surface area (Å²) in [4.78, 5) is 4.12. The van der Waals surface area contributed by atoms with E-state index in [4.69, 9.17) is 20.9 Å². The predicted molar refractivity (Wildman–Crippen MR) is 60.2 cm³/mol. The van der Waals surface area contributed by atoms with Crippen molar-refractivity contribution in [2.24, 2.45) is 5.92 Å². The molecule has 2 unspecified atom stereocenters. The van der Waals surface area contributed by atoms with Gasteiger partial charge in [0.1, 0.15) is 5.60 Å². The Balaban J connectivity index is 2.27. The van der Waals surface area contributed by atoms with Crippen LogP contribution < -0.4 is 0 Å². The predicted octanol–water partition coefficient (Wildman–Crippen LogP) is 3.16. The Hall–Kier alpha value is -0.610. The Morgan fingerprint density at radius 1 is 1.62 bits per heavy atom. The van der Waals surface area contributed by atoms with Crippen molar-refractivity contribution < 1.29 is 9.26 Å². The Kier molecular flexibility index (Phi) is 3.50. The lowest BCUT2D eigenvalue weighted by Crippen LogP contribution is -2.36. The van der Waals surface area contributed by atoms with Crippen LogP contribution in [0.4, 0.5) is 0 Å². The highest BCUT2D eigenvalue weighted by Gasteiger charge is 2.41. The van der Waals surface area contributed by atoms with E-state index in [9.17, 15) is 0 Å². The van der Waals surface area contributed by atoms with E-state index in [0.717, 1.165) is 19.3 Å². The molecule has 1 fully saturated rings. The van der Waals surface area contributed by atoms with Gasteiger partial charge < -0.3 is 9.26 Å². The molecule has 0 aromatic carbocycles. The van der Waals surface area contributed by atoms with Crippen LogP contribution in [0.15, 0.2) is 4.52 Å². The summed E-state index contributed by atoms with van der Waals surface area (Å²) in [5, 5.41) is 4.01. The van der Waals surface area contributed by atoms with Crippen LogP contribution >= 0.6 is 11.6 Å². The van der Waals surface area contributed by atoms with Gasteiger partial charge in [0.25, 0.3) is 0 Å². The van der Waals surface area contributed by atoms with Gasteiger partial charge in [-0.25, -0.2) is 0 Å². The highest BCUT2D eigenvalue weighted by molar-refractivity contribution is 6.27. The van der Waals surface area contributed by atoms with E-state index in [2.05, 4.69) is 17.1 Å². The average Bonchev–Trinajstić information content (AvgIpc) is 2.66. The summed E-state index contributed by atoms with van der Waals surface area (Å²) in [6.45, 7) is 4.87. The van der Waals surface area contributed by atoms with Crippen molar-refractivity contribution in [1.29, 1.82) is 0 Å². The van der Waals surface area contributed by atoms with Crippen LogP contribution in [0.3, 0.4) is 0 Å². The zero-order valence-corrected chi connectivity index (χ0v) is 10.5. The maximum Gasteiger partial charge on any atom is 0.320 e. The largest absolute Gasteiger partial charge is 0.367 e. The second-order valence-electron chi connectivity index (χ2n) is 4.50. The third kappa shape index (κ3) is 2.23. The van der Waals surface area contributed by atoms with Crippen molar-refractivity contribution in [3.8, 4) is 0 Å². The van der Waals surface area contributed by atoms with Crippen LogP contribution in [0.2, 0.25) is 5.35 Å². The second kappa shape index (κ2) is 4.72. The van der Waals surface area contributed by atoms with Crippen molar-refractivity contribution in [2.45, 2.75) is 45.1 Å². The SMILES string of the molecule is CCOC1(c2noc(Cl)n2)CCCC(C)C1. The van der Waals surface area contributed by atoms with E-state index in [1.165, 1.54) is 6.42 Å². The van der Waals surface area contributed by atoms with Crippen molar-refractivity contribution >= 4 is 11.6 Å². The fourth-order valence-corrected chi connectivity index (χ4v) is 2.68. The number of ether oxygens (including phenoxy) is 1. The lowest BCUT2D eigenvalue weighted by atomic mass is 9.78. The average molecular weight is 245 g/mol. The van der Waals surface area contributed by atoms with E-state index in [1.54, 1.807) is 0 Å². The molecule has 4 nitrogen and oxygen atoms in total. The molecule has 0 bridgehead atoms. The van der Waals surface area contributed by atoms with Gasteiger partial charge in [0.2, 0.25) is 5.82 Å². The summed E-state index contributed by atoms with van der Waals surface area (Å²) in [7, 11) is 0. The third-order valence-electron chi connectivity index (χ3n) is 3.19. The van der Waals surface area contributed by atoms with Gasteiger partial charge >= 0.3 is 5.35 Å². The summed E-state index contributed by atoms with van der Waals surface area (Å²) < 4.78 is 10.7. The van der Waals surface area contributed by atoms with E-state index >= 15 is 0 Å². The number of hydrogen-bond acceptors (Lipinski definition) is 4. The van der Waals surface area contributed by atoms with Crippen LogP contribution in [0.25, 0.3) is 0 Å². The molecule has 90 valence electrons. The summed E-state index contributed by atoms with van der Waals surface area (Å²) in [5.74, 6) is 1.23. The first-order valence-corrected chi connectivity index (χ1v) is 6.18. The molecule has 1 aromatic rings. The van der Waals surface area contributed by atoms with Gasteiger partial charge in [0.05, 0.1) is 0 Å². The Bertz CT molecular complexity index is 352. The maximum absolute atomic E-state index is 5.90. The molecule has 1 heterocycles. The second-order valence-corrected chi connectivity index (χ2v) is 4.82. The highest BCUT2D eigenvalue weighted by atomic mass is 35.5. The number of aromatic nitrogens is 2. The number of halogens is 1. The quantitative estimate of drug-likeness (QED) is 0.820. The fourth-order valence-electron chi connectivity index (χ4n) is 2.57. The third-order valence-corrected chi connectivity index (χ3v) is 3.34. The van der Waals surface area contributed by atoms with Crippen molar-refractivity contribution in [3.05, 3.63) is 11.2 Å². The molecular weight excluding hydrogens is 228 g/mol. The Labute approximate surface area is 100 Å². The minimum atomic E-state index is -0.386. The molecule has 1 aliphatic carbocycles. The molecule has 5 heteroatoms. The van der Waals surface area contributed by atoms with Crippen LogP contribution in [0, 0.1) is 5.92 Å². The maximum atomic E-state index is 5.90. The molecule has 1 aliphatic rings. The summed E-state index contributed by atoms with van der Waals surface area (Å²) in [5.41, 5.74) is -0.386. The molecule has 0 radical (unpaired) electrons. The molecular formula is C11H17ClN2O2. The van der Waals surface area contributed by atoms with Gasteiger partial charge in [-0.1, -0.05) is 18.5 Å². The Morgan fingerprint density at radius 2 is 2.44 bits per heavy atom. The topological polar surface area (TPSA) is 48.2 Å². The first-order chi connectivity index (χ1) is 7.66. The molecule has 1 aromatic heterocycles. The minimum Gasteiger partial charge on any atom is -0.367 e. The zero-order chi connectivity index (χ0) is 11.6. The zero-order valence-electron chi connectivity index (χ0n) is 9.70. The number of rotatable bonds is 3. The van der Waals surface area contributed by atoms with E-state index < -0.39 is 0 Å². The van der Waals surface area contributed by atoms with Gasteiger partial charge in [0.15, 0.2) is 0 Å². The van der Waals surface area contributed by atoms with Gasteiger partial charge in [0, 0.05) is 6.61 Å². The summed E-state index contributed by atoms with van der Waals surface area (Å²) in [6.07, 6.45) is 4.26. The van der Waals surface area contributed by atoms with E-state index in [-0.39, 0.29) is 11.0 Å². The molecule has 1 saturated carbocycles. The van der Waals surface area contributed by atoms with Crippen LogP contribution in [0.5, 0.6) is 0 Å². The van der Waals surface area contributed by atoms with Gasteiger partial charge in [-0.3, -0.25) is 0 Å². The molecule has 0 saturated heterocycles. The van der Waals surface area contributed by atoms with Crippen molar-refractivity contribution in [3.63, 3.8) is 0 Å². The van der Waals surface area contributed by atoms with E-state index in [0.29, 0.717) is 18.3 Å². The van der Waals surface area contributed by atoms with Gasteiger partial charge in [-0.05, 0) is 43.7 Å². The fraction of sp³-hybridized carbons (Fsp3) is 0.818. The van der Waals surface area contributed by atoms with Crippen LogP contribution in [-0.4, -0.2) is 16.7 Å². The minimum absolute atomic E-state index is 0.0901. The van der Waals surface area contributed by atoms with E-state index in [1.807, 2.05) is 6.92 Å². The van der Waals surface area contributed by atoms with Gasteiger partial charge in [-0.2, -0.15) is 4.98 Å². The Morgan fingerprint density at radius 3 is 3.00 bits per heavy atom. The van der Waals surface area contributed by atoms with Gasteiger partial charge in [-0.15, -0.1) is 0 Å². The standard InChI is InChI=1S/C11H17ClN2O2/c1-3-15-11(6-4-5-8(2)7-11)9-13-10(12)16-14-9/h8H,3-7H2,1-2H3. The van der Waals surface area contributed by atoms with Crippen LogP contribution in [0.1, 0.15) is 45.4 Å². The number of nitrogens with zero attached hydrogens (tertiary/aromatic N) is 2. The molecule has 0 N–H and O–H groups in total. The highest BCUT2D eigenvalue weighted by Crippen LogP contribution is 2.41. The number of hydrogen-bond donors (Lipinski definition) is 0. The van der Waals surface area contributed by atoms with Crippen molar-refractivity contribution in [2.75, 3.05) is 6.61 Å². The smallest absolute Gasteiger partial charge is 0.320 e. The molecule has 2 rings (SSSR count). The first-order valence-electron chi connectivity index (χ1n) is 5.80. The molecule has 0 aliphatic heterocycles. The van der Waals surface area contributed by atoms with Crippen LogP contribution in [-0.2, 0) is 10.3 Å². The lowest BCUT2D eigenvalue weighted by molar-refractivity contribution is -0.0891. The van der Waals surface area contributed by atoms with Crippen molar-refractivity contribution in [1.82, 2.24) is 10.1 Å². The lowest BCUT2D eigenvalue weighted by Gasteiger charge is -2.37. The molecule has 0 spiro atoms.